The number of benzene rings is 2. The van der Waals surface area contributed by atoms with Gasteiger partial charge in [-0.3, -0.25) is 0 Å². The lowest BCUT2D eigenvalue weighted by atomic mass is 10.2. The first kappa shape index (κ1) is 16.5. The topological polar surface area (TPSA) is 48.4 Å². The number of pyridine rings is 1. The Morgan fingerprint density at radius 1 is 1.12 bits per heavy atom. The third kappa shape index (κ3) is 3.74. The van der Waals surface area contributed by atoms with E-state index in [0.717, 1.165) is 15.4 Å². The van der Waals surface area contributed by atoms with Gasteiger partial charge in [-0.15, -0.1) is 0 Å². The van der Waals surface area contributed by atoms with Crippen LogP contribution in [0.25, 0.3) is 10.9 Å². The molecule has 1 aromatic heterocycles. The minimum absolute atomic E-state index is 0.193. The van der Waals surface area contributed by atoms with Crippen LogP contribution in [0.15, 0.2) is 59.1 Å². The van der Waals surface area contributed by atoms with Crippen molar-refractivity contribution in [2.24, 2.45) is 0 Å². The number of fused-ring (bicyclic) bond motifs is 1. The maximum absolute atomic E-state index is 12.2. The monoisotopic (exact) mass is 385 g/mol. The maximum atomic E-state index is 12.2. The molecule has 3 rings (SSSR count). The molecule has 0 spiro atoms. The summed E-state index contributed by atoms with van der Waals surface area (Å²) in [7, 11) is 0. The fourth-order valence-corrected chi connectivity index (χ4v) is 2.66. The van der Waals surface area contributed by atoms with E-state index in [1.165, 1.54) is 0 Å². The molecule has 0 aliphatic carbocycles. The molecule has 0 amide bonds. The molecular weight excluding hydrogens is 370 g/mol. The maximum Gasteiger partial charge on any atom is 0.360 e. The van der Waals surface area contributed by atoms with Gasteiger partial charge < -0.3 is 9.47 Å². The van der Waals surface area contributed by atoms with Gasteiger partial charge in [-0.05, 0) is 30.7 Å². The Kier molecular flexibility index (Phi) is 5.11. The van der Waals surface area contributed by atoms with E-state index in [9.17, 15) is 4.79 Å². The average molecular weight is 386 g/mol. The molecule has 0 unspecified atom stereocenters. The Morgan fingerprint density at radius 2 is 1.92 bits per heavy atom. The van der Waals surface area contributed by atoms with E-state index in [0.29, 0.717) is 17.9 Å². The normalized spacial score (nSPS) is 10.6. The lowest BCUT2D eigenvalue weighted by Gasteiger charge is -2.12. The molecule has 0 aliphatic heterocycles. The Balaban J connectivity index is 1.98. The number of esters is 1. The van der Waals surface area contributed by atoms with Crippen molar-refractivity contribution in [1.82, 2.24) is 4.98 Å². The summed E-state index contributed by atoms with van der Waals surface area (Å²) in [6, 6.07) is 17.3. The summed E-state index contributed by atoms with van der Waals surface area (Å²) in [5, 5.41) is 0.898. The van der Waals surface area contributed by atoms with Crippen LogP contribution in [-0.4, -0.2) is 17.6 Å². The molecule has 122 valence electrons. The van der Waals surface area contributed by atoms with Gasteiger partial charge >= 0.3 is 5.97 Å². The molecule has 0 fully saturated rings. The molecule has 0 aliphatic rings. The molecule has 5 heteroatoms. The van der Waals surface area contributed by atoms with Crippen LogP contribution in [0.3, 0.4) is 0 Å². The van der Waals surface area contributed by atoms with Crippen molar-refractivity contribution in [2.45, 2.75) is 13.5 Å². The zero-order valence-corrected chi connectivity index (χ0v) is 14.7. The summed E-state index contributed by atoms with van der Waals surface area (Å²) in [4.78, 5) is 16.7. The van der Waals surface area contributed by atoms with Crippen molar-refractivity contribution < 1.29 is 14.3 Å². The summed E-state index contributed by atoms with van der Waals surface area (Å²) in [5.74, 6) is -0.0606. The lowest BCUT2D eigenvalue weighted by Crippen LogP contribution is -2.10. The van der Waals surface area contributed by atoms with Gasteiger partial charge in [0.2, 0.25) is 0 Å². The Hall–Kier alpha value is -2.40. The summed E-state index contributed by atoms with van der Waals surface area (Å²) in [6.45, 7) is 2.41. The quantitative estimate of drug-likeness (QED) is 0.594. The highest BCUT2D eigenvalue weighted by Crippen LogP contribution is 2.27. The SMILES string of the molecule is CCOC(=O)c1nc2cc(Br)ccc2cc1OCc1ccccc1. The van der Waals surface area contributed by atoms with E-state index in [4.69, 9.17) is 9.47 Å². The van der Waals surface area contributed by atoms with Crippen LogP contribution in [0.1, 0.15) is 23.0 Å². The highest BCUT2D eigenvalue weighted by molar-refractivity contribution is 9.10. The van der Waals surface area contributed by atoms with Crippen molar-refractivity contribution in [3.63, 3.8) is 0 Å². The van der Waals surface area contributed by atoms with E-state index < -0.39 is 5.97 Å². The van der Waals surface area contributed by atoms with Crippen molar-refractivity contribution in [2.75, 3.05) is 6.61 Å². The molecule has 1 heterocycles. The van der Waals surface area contributed by atoms with Gasteiger partial charge in [-0.2, -0.15) is 0 Å². The second-order valence-electron chi connectivity index (χ2n) is 5.17. The van der Waals surface area contributed by atoms with Gasteiger partial charge in [-0.1, -0.05) is 52.3 Å². The van der Waals surface area contributed by atoms with Crippen LogP contribution >= 0.6 is 15.9 Å². The molecule has 0 radical (unpaired) electrons. The minimum Gasteiger partial charge on any atom is -0.486 e. The standard InChI is InChI=1S/C19H16BrNO3/c1-2-23-19(22)18-17(24-12-13-6-4-3-5-7-13)10-14-8-9-15(20)11-16(14)21-18/h3-11H,2,12H2,1H3. The van der Waals surface area contributed by atoms with E-state index in [1.54, 1.807) is 6.92 Å². The summed E-state index contributed by atoms with van der Waals surface area (Å²) < 4.78 is 11.9. The predicted octanol–water partition coefficient (Wildman–Crippen LogP) is 4.75. The van der Waals surface area contributed by atoms with Crippen molar-refractivity contribution >= 4 is 32.8 Å². The Morgan fingerprint density at radius 3 is 2.67 bits per heavy atom. The van der Waals surface area contributed by atoms with Crippen molar-refractivity contribution in [3.8, 4) is 5.75 Å². The van der Waals surface area contributed by atoms with E-state index in [-0.39, 0.29) is 12.3 Å². The van der Waals surface area contributed by atoms with E-state index in [1.807, 2.05) is 54.6 Å². The number of aromatic nitrogens is 1. The lowest BCUT2D eigenvalue weighted by molar-refractivity contribution is 0.0514. The molecule has 24 heavy (non-hydrogen) atoms. The zero-order chi connectivity index (χ0) is 16.9. The first-order valence-corrected chi connectivity index (χ1v) is 8.41. The molecule has 0 saturated carbocycles. The molecule has 0 atom stereocenters. The highest BCUT2D eigenvalue weighted by atomic mass is 79.9. The van der Waals surface area contributed by atoms with Gasteiger partial charge in [0.05, 0.1) is 12.1 Å². The molecule has 3 aromatic rings. The van der Waals surface area contributed by atoms with Gasteiger partial charge in [0, 0.05) is 9.86 Å². The van der Waals surface area contributed by atoms with Crippen molar-refractivity contribution in [3.05, 3.63) is 70.3 Å². The van der Waals surface area contributed by atoms with Crippen LogP contribution in [0, 0.1) is 0 Å². The number of hydrogen-bond acceptors (Lipinski definition) is 4. The highest BCUT2D eigenvalue weighted by Gasteiger charge is 2.17. The predicted molar refractivity (Wildman–Crippen MR) is 96.2 cm³/mol. The smallest absolute Gasteiger partial charge is 0.360 e. The minimum atomic E-state index is -0.484. The summed E-state index contributed by atoms with van der Waals surface area (Å²) >= 11 is 3.42. The number of nitrogens with zero attached hydrogens (tertiary/aromatic N) is 1. The van der Waals surface area contributed by atoms with Crippen LogP contribution in [0.2, 0.25) is 0 Å². The first-order chi connectivity index (χ1) is 11.7. The Labute approximate surface area is 148 Å². The number of hydrogen-bond donors (Lipinski definition) is 0. The fourth-order valence-electron chi connectivity index (χ4n) is 2.31. The number of ether oxygens (including phenoxy) is 2. The molecule has 0 bridgehead atoms. The Bertz CT molecular complexity index is 865. The fraction of sp³-hybridized carbons (Fsp3) is 0.158. The van der Waals surface area contributed by atoms with Crippen LogP contribution in [0.4, 0.5) is 0 Å². The summed E-state index contributed by atoms with van der Waals surface area (Å²) in [6.07, 6.45) is 0. The van der Waals surface area contributed by atoms with E-state index in [2.05, 4.69) is 20.9 Å². The molecule has 0 N–H and O–H groups in total. The third-order valence-corrected chi connectivity index (χ3v) is 3.94. The van der Waals surface area contributed by atoms with Gasteiger partial charge in [-0.25, -0.2) is 9.78 Å². The average Bonchev–Trinajstić information content (AvgIpc) is 2.60. The van der Waals surface area contributed by atoms with Crippen LogP contribution < -0.4 is 4.74 Å². The summed E-state index contributed by atoms with van der Waals surface area (Å²) in [5.41, 5.74) is 1.92. The van der Waals surface area contributed by atoms with Crippen molar-refractivity contribution in [1.29, 1.82) is 0 Å². The largest absolute Gasteiger partial charge is 0.486 e. The third-order valence-electron chi connectivity index (χ3n) is 3.45. The van der Waals surface area contributed by atoms with Crippen LogP contribution in [0.5, 0.6) is 5.75 Å². The number of rotatable bonds is 5. The molecular formula is C19H16BrNO3. The van der Waals surface area contributed by atoms with E-state index >= 15 is 0 Å². The molecule has 4 nitrogen and oxygen atoms in total. The number of halogens is 1. The zero-order valence-electron chi connectivity index (χ0n) is 13.2. The second-order valence-corrected chi connectivity index (χ2v) is 6.08. The van der Waals surface area contributed by atoms with Gasteiger partial charge in [0.25, 0.3) is 0 Å². The van der Waals surface area contributed by atoms with Gasteiger partial charge in [0.15, 0.2) is 11.4 Å². The number of carbonyl (C=O) groups is 1. The van der Waals surface area contributed by atoms with Crippen LogP contribution in [-0.2, 0) is 11.3 Å². The molecule has 2 aromatic carbocycles. The number of carbonyl (C=O) groups excluding carboxylic acids is 1. The first-order valence-electron chi connectivity index (χ1n) is 7.61. The molecule has 0 saturated heterocycles. The van der Waals surface area contributed by atoms with Gasteiger partial charge in [0.1, 0.15) is 6.61 Å². The second kappa shape index (κ2) is 7.45.